The monoisotopic (exact) mass is 333 g/mol. The van der Waals surface area contributed by atoms with Crippen LogP contribution in [0, 0.1) is 5.82 Å². The minimum absolute atomic E-state index is 0.266. The first-order valence-electron chi connectivity index (χ1n) is 7.41. The minimum atomic E-state index is -0.368. The number of carbonyl (C=O) groups is 1. The standard InChI is InChI=1S/C18H17ClFNO2/c1-23-18(22)17-8-12-4-2-3-5-13(12)10-21(17)11-14-6-7-15(20)9-16(14)19/h2-7,9,17H,8,10-11H2,1H3. The molecule has 0 N–H and O–H groups in total. The number of methoxy groups -OCH3 is 1. The van der Waals surface area contributed by atoms with Gasteiger partial charge < -0.3 is 4.74 Å². The van der Waals surface area contributed by atoms with Gasteiger partial charge in [0.1, 0.15) is 11.9 Å². The molecule has 0 saturated carbocycles. The highest BCUT2D eigenvalue weighted by Gasteiger charge is 2.32. The van der Waals surface area contributed by atoms with Crippen molar-refractivity contribution < 1.29 is 13.9 Å². The zero-order valence-electron chi connectivity index (χ0n) is 12.8. The minimum Gasteiger partial charge on any atom is -0.468 e. The van der Waals surface area contributed by atoms with Crippen molar-refractivity contribution in [1.82, 2.24) is 4.90 Å². The second-order valence-electron chi connectivity index (χ2n) is 5.65. The predicted octanol–water partition coefficient (Wildman–Crippen LogP) is 3.58. The molecule has 3 rings (SSSR count). The van der Waals surface area contributed by atoms with Crippen LogP contribution in [0.4, 0.5) is 4.39 Å². The molecule has 1 heterocycles. The molecule has 23 heavy (non-hydrogen) atoms. The van der Waals surface area contributed by atoms with E-state index in [0.717, 1.165) is 11.1 Å². The third-order valence-corrected chi connectivity index (χ3v) is 4.56. The van der Waals surface area contributed by atoms with Crippen LogP contribution in [-0.4, -0.2) is 24.0 Å². The summed E-state index contributed by atoms with van der Waals surface area (Å²) >= 11 is 6.13. The Kier molecular flexibility index (Phi) is 4.64. The number of carbonyl (C=O) groups excluding carboxylic acids is 1. The summed E-state index contributed by atoms with van der Waals surface area (Å²) in [4.78, 5) is 14.2. The summed E-state index contributed by atoms with van der Waals surface area (Å²) in [5, 5.41) is 0.368. The van der Waals surface area contributed by atoms with Gasteiger partial charge in [0.25, 0.3) is 0 Å². The van der Waals surface area contributed by atoms with Crippen LogP contribution < -0.4 is 0 Å². The molecule has 1 unspecified atom stereocenters. The van der Waals surface area contributed by atoms with Crippen molar-refractivity contribution in [2.45, 2.75) is 25.6 Å². The molecule has 1 aliphatic heterocycles. The van der Waals surface area contributed by atoms with Gasteiger partial charge in [-0.25, -0.2) is 4.39 Å². The van der Waals surface area contributed by atoms with E-state index in [-0.39, 0.29) is 17.8 Å². The Morgan fingerprint density at radius 3 is 2.74 bits per heavy atom. The van der Waals surface area contributed by atoms with E-state index in [1.165, 1.54) is 24.8 Å². The molecule has 3 nitrogen and oxygen atoms in total. The van der Waals surface area contributed by atoms with Crippen molar-refractivity contribution in [1.29, 1.82) is 0 Å². The number of rotatable bonds is 3. The third-order valence-electron chi connectivity index (χ3n) is 4.21. The van der Waals surface area contributed by atoms with Gasteiger partial charge in [-0.05, 0) is 35.2 Å². The average molecular weight is 334 g/mol. The second-order valence-corrected chi connectivity index (χ2v) is 6.06. The average Bonchev–Trinajstić information content (AvgIpc) is 2.56. The number of hydrogen-bond acceptors (Lipinski definition) is 3. The summed E-state index contributed by atoms with van der Waals surface area (Å²) in [6.07, 6.45) is 0.599. The van der Waals surface area contributed by atoms with Gasteiger partial charge in [0.15, 0.2) is 0 Å². The number of halogens is 2. The van der Waals surface area contributed by atoms with Gasteiger partial charge in [-0.15, -0.1) is 0 Å². The lowest BCUT2D eigenvalue weighted by Gasteiger charge is -2.35. The molecule has 5 heteroatoms. The second kappa shape index (κ2) is 6.69. The quantitative estimate of drug-likeness (QED) is 0.804. The molecular weight excluding hydrogens is 317 g/mol. The molecule has 0 spiro atoms. The summed E-state index contributed by atoms with van der Waals surface area (Å²) in [7, 11) is 1.39. The van der Waals surface area contributed by atoms with Crippen molar-refractivity contribution in [3.63, 3.8) is 0 Å². The maximum absolute atomic E-state index is 13.2. The van der Waals surface area contributed by atoms with Gasteiger partial charge >= 0.3 is 5.97 Å². The summed E-state index contributed by atoms with van der Waals surface area (Å²) in [6.45, 7) is 1.09. The molecule has 0 aliphatic carbocycles. The van der Waals surface area contributed by atoms with Crippen LogP contribution in [-0.2, 0) is 29.0 Å². The van der Waals surface area contributed by atoms with Crippen LogP contribution in [0.25, 0.3) is 0 Å². The largest absolute Gasteiger partial charge is 0.468 e. The first kappa shape index (κ1) is 16.0. The van der Waals surface area contributed by atoms with Gasteiger partial charge in [-0.1, -0.05) is 41.9 Å². The van der Waals surface area contributed by atoms with Gasteiger partial charge in [-0.2, -0.15) is 0 Å². The molecule has 1 atom stereocenters. The summed E-state index contributed by atoms with van der Waals surface area (Å²) in [5.41, 5.74) is 3.14. The lowest BCUT2D eigenvalue weighted by molar-refractivity contribution is -0.148. The van der Waals surface area contributed by atoms with Gasteiger partial charge in [0.2, 0.25) is 0 Å². The van der Waals surface area contributed by atoms with Crippen LogP contribution in [0.1, 0.15) is 16.7 Å². The fourth-order valence-corrected chi connectivity index (χ4v) is 3.21. The van der Waals surface area contributed by atoms with Gasteiger partial charge in [0, 0.05) is 18.1 Å². The third kappa shape index (κ3) is 3.38. The predicted molar refractivity (Wildman–Crippen MR) is 86.6 cm³/mol. The fraction of sp³-hybridized carbons (Fsp3) is 0.278. The van der Waals surface area contributed by atoms with Crippen LogP contribution in [0.2, 0.25) is 5.02 Å². The zero-order valence-corrected chi connectivity index (χ0v) is 13.5. The van der Waals surface area contributed by atoms with E-state index in [2.05, 4.69) is 6.07 Å². The van der Waals surface area contributed by atoms with Crippen molar-refractivity contribution in [3.05, 3.63) is 70.0 Å². The van der Waals surface area contributed by atoms with Crippen molar-refractivity contribution in [2.24, 2.45) is 0 Å². The highest BCUT2D eigenvalue weighted by molar-refractivity contribution is 6.31. The molecule has 1 aliphatic rings. The Morgan fingerprint density at radius 2 is 2.04 bits per heavy atom. The van der Waals surface area contributed by atoms with Gasteiger partial charge in [0.05, 0.1) is 7.11 Å². The highest BCUT2D eigenvalue weighted by Crippen LogP contribution is 2.27. The molecular formula is C18H17ClFNO2. The Labute approximate surface area is 139 Å². The first-order valence-corrected chi connectivity index (χ1v) is 7.79. The number of fused-ring (bicyclic) bond motifs is 1. The van der Waals surface area contributed by atoms with E-state index in [1.54, 1.807) is 6.07 Å². The van der Waals surface area contributed by atoms with E-state index in [4.69, 9.17) is 16.3 Å². The molecule has 0 amide bonds. The number of esters is 1. The fourth-order valence-electron chi connectivity index (χ4n) is 2.98. The van der Waals surface area contributed by atoms with E-state index in [1.807, 2.05) is 23.1 Å². The normalized spacial score (nSPS) is 17.6. The molecule has 0 aromatic heterocycles. The molecule has 2 aromatic rings. The first-order chi connectivity index (χ1) is 11.1. The maximum Gasteiger partial charge on any atom is 0.323 e. The van der Waals surface area contributed by atoms with Crippen molar-refractivity contribution in [3.8, 4) is 0 Å². The smallest absolute Gasteiger partial charge is 0.323 e. The molecule has 0 bridgehead atoms. The summed E-state index contributed by atoms with van der Waals surface area (Å²) < 4.78 is 18.2. The maximum atomic E-state index is 13.2. The topological polar surface area (TPSA) is 29.5 Å². The molecule has 0 saturated heterocycles. The molecule has 120 valence electrons. The summed E-state index contributed by atoms with van der Waals surface area (Å²) in [5.74, 6) is -0.634. The van der Waals surface area contributed by atoms with Crippen molar-refractivity contribution >= 4 is 17.6 Å². The number of ether oxygens (including phenoxy) is 1. The number of benzene rings is 2. The molecule has 2 aromatic carbocycles. The van der Waals surface area contributed by atoms with E-state index < -0.39 is 0 Å². The van der Waals surface area contributed by atoms with Crippen LogP contribution >= 0.6 is 11.6 Å². The molecule has 0 radical (unpaired) electrons. The van der Waals surface area contributed by atoms with Crippen LogP contribution in [0.3, 0.4) is 0 Å². The Bertz CT molecular complexity index is 735. The van der Waals surface area contributed by atoms with Gasteiger partial charge in [-0.3, -0.25) is 9.69 Å². The van der Waals surface area contributed by atoms with Crippen LogP contribution in [0.15, 0.2) is 42.5 Å². The Balaban J connectivity index is 1.90. The van der Waals surface area contributed by atoms with Crippen molar-refractivity contribution in [2.75, 3.05) is 7.11 Å². The lowest BCUT2D eigenvalue weighted by Crippen LogP contribution is -2.45. The Morgan fingerprint density at radius 1 is 1.30 bits per heavy atom. The summed E-state index contributed by atoms with van der Waals surface area (Å²) in [6, 6.07) is 12.0. The Hall–Kier alpha value is -1.91. The van der Waals surface area contributed by atoms with E-state index in [9.17, 15) is 9.18 Å². The van der Waals surface area contributed by atoms with Crippen LogP contribution in [0.5, 0.6) is 0 Å². The van der Waals surface area contributed by atoms with E-state index >= 15 is 0 Å². The SMILES string of the molecule is COC(=O)C1Cc2ccccc2CN1Cc1ccc(F)cc1Cl. The number of hydrogen-bond donors (Lipinski definition) is 0. The zero-order chi connectivity index (χ0) is 16.4. The number of nitrogens with zero attached hydrogens (tertiary/aromatic N) is 1. The van der Waals surface area contributed by atoms with E-state index in [0.29, 0.717) is 24.5 Å². The highest BCUT2D eigenvalue weighted by atomic mass is 35.5. The lowest BCUT2D eigenvalue weighted by atomic mass is 9.93. The molecule has 0 fully saturated rings.